The van der Waals surface area contributed by atoms with Crippen molar-refractivity contribution >= 4 is 39.5 Å². The van der Waals surface area contributed by atoms with E-state index in [1.165, 1.54) is 18.4 Å². The molecule has 0 aliphatic rings. The van der Waals surface area contributed by atoms with Gasteiger partial charge < -0.3 is 18.3 Å². The number of methoxy groups -OCH3 is 1. The van der Waals surface area contributed by atoms with Gasteiger partial charge in [0, 0.05) is 16.5 Å². The summed E-state index contributed by atoms with van der Waals surface area (Å²) >= 11 is 5.97. The topological polar surface area (TPSA) is 78.9 Å². The summed E-state index contributed by atoms with van der Waals surface area (Å²) in [5.41, 5.74) is 1.77. The van der Waals surface area contributed by atoms with Gasteiger partial charge in [-0.15, -0.1) is 0 Å². The maximum absolute atomic E-state index is 12.9. The van der Waals surface area contributed by atoms with Crippen LogP contribution in [0.4, 0.5) is 0 Å². The Morgan fingerprint density at radius 1 is 0.906 bits per heavy atom. The van der Waals surface area contributed by atoms with Crippen LogP contribution in [0.1, 0.15) is 10.6 Å². The van der Waals surface area contributed by atoms with Gasteiger partial charge in [-0.05, 0) is 54.1 Å². The third-order valence-electron chi connectivity index (χ3n) is 5.04. The van der Waals surface area contributed by atoms with Crippen LogP contribution in [0.25, 0.3) is 33.1 Å². The van der Waals surface area contributed by atoms with E-state index in [4.69, 9.17) is 29.9 Å². The largest absolute Gasteiger partial charge is 0.497 e. The maximum Gasteiger partial charge on any atom is 0.379 e. The van der Waals surface area contributed by atoms with Crippen LogP contribution in [-0.4, -0.2) is 13.1 Å². The molecule has 7 heteroatoms. The highest BCUT2D eigenvalue weighted by Gasteiger charge is 2.16. The lowest BCUT2D eigenvalue weighted by Gasteiger charge is -2.06. The van der Waals surface area contributed by atoms with Gasteiger partial charge in [-0.1, -0.05) is 23.7 Å². The highest BCUT2D eigenvalue weighted by Crippen LogP contribution is 2.27. The minimum Gasteiger partial charge on any atom is -0.497 e. The van der Waals surface area contributed by atoms with Gasteiger partial charge in [0.2, 0.25) is 5.76 Å². The number of furan rings is 1. The molecule has 158 valence electrons. The van der Waals surface area contributed by atoms with Gasteiger partial charge in [-0.2, -0.15) is 0 Å². The fraction of sp³-hybridized carbons (Fsp3) is 0.0400. The molecule has 0 bridgehead atoms. The predicted octanol–water partition coefficient (Wildman–Crippen LogP) is 6.09. The number of carbonyl (C=O) groups is 1. The van der Waals surface area contributed by atoms with Crippen molar-refractivity contribution < 1.29 is 23.1 Å². The van der Waals surface area contributed by atoms with Crippen LogP contribution in [0.3, 0.4) is 0 Å². The molecule has 0 aliphatic heterocycles. The Bertz CT molecular complexity index is 1530. The summed E-state index contributed by atoms with van der Waals surface area (Å²) in [5.74, 6) is 0.284. The smallest absolute Gasteiger partial charge is 0.379 e. The van der Waals surface area contributed by atoms with E-state index in [1.54, 1.807) is 61.7 Å². The van der Waals surface area contributed by atoms with Crippen LogP contribution in [0, 0.1) is 0 Å². The van der Waals surface area contributed by atoms with Crippen molar-refractivity contribution in [1.29, 1.82) is 0 Å². The van der Waals surface area contributed by atoms with Gasteiger partial charge in [-0.3, -0.25) is 4.79 Å². The van der Waals surface area contributed by atoms with Crippen LogP contribution in [0.2, 0.25) is 5.02 Å². The Balaban J connectivity index is 1.43. The Kier molecular flexibility index (Phi) is 4.92. The normalized spacial score (nSPS) is 11.1. The van der Waals surface area contributed by atoms with Crippen molar-refractivity contribution in [2.45, 2.75) is 0 Å². The molecule has 32 heavy (non-hydrogen) atoms. The molecular weight excluding hydrogens is 432 g/mol. The van der Waals surface area contributed by atoms with Crippen molar-refractivity contribution in [3.05, 3.63) is 94.0 Å². The first-order valence-corrected chi connectivity index (χ1v) is 10.0. The molecule has 0 unspecified atom stereocenters. The number of benzene rings is 3. The average molecular weight is 447 g/mol. The van der Waals surface area contributed by atoms with E-state index in [9.17, 15) is 9.59 Å². The fourth-order valence-corrected chi connectivity index (χ4v) is 3.59. The third-order valence-corrected chi connectivity index (χ3v) is 5.27. The molecule has 0 amide bonds. The molecule has 3 aromatic carbocycles. The molecule has 0 spiro atoms. The summed E-state index contributed by atoms with van der Waals surface area (Å²) in [5, 5.41) is 1.60. The first-order valence-electron chi connectivity index (χ1n) is 9.63. The van der Waals surface area contributed by atoms with Crippen molar-refractivity contribution in [3.8, 4) is 22.6 Å². The summed E-state index contributed by atoms with van der Waals surface area (Å²) in [6.07, 6.45) is 1.39. The second-order valence-corrected chi connectivity index (χ2v) is 7.48. The van der Waals surface area contributed by atoms with E-state index in [0.29, 0.717) is 43.8 Å². The molecule has 0 aliphatic carbocycles. The molecule has 0 saturated heterocycles. The zero-order valence-electron chi connectivity index (χ0n) is 16.8. The number of hydrogen-bond donors (Lipinski definition) is 0. The van der Waals surface area contributed by atoms with Gasteiger partial charge in [0.25, 0.3) is 0 Å². The monoisotopic (exact) mass is 446 g/mol. The molecule has 0 fully saturated rings. The lowest BCUT2D eigenvalue weighted by molar-refractivity contribution is 0.0704. The number of carbonyl (C=O) groups excluding carboxylic acids is 1. The van der Waals surface area contributed by atoms with Crippen LogP contribution in [0.5, 0.6) is 11.5 Å². The van der Waals surface area contributed by atoms with Crippen molar-refractivity contribution in [2.75, 3.05) is 7.11 Å². The third kappa shape index (κ3) is 3.61. The zero-order chi connectivity index (χ0) is 22.2. The molecule has 5 rings (SSSR count). The zero-order valence-corrected chi connectivity index (χ0v) is 17.5. The second-order valence-electron chi connectivity index (χ2n) is 7.05. The van der Waals surface area contributed by atoms with Crippen molar-refractivity contribution in [3.63, 3.8) is 0 Å². The predicted molar refractivity (Wildman–Crippen MR) is 121 cm³/mol. The number of hydrogen-bond acceptors (Lipinski definition) is 6. The number of rotatable bonds is 4. The summed E-state index contributed by atoms with van der Waals surface area (Å²) in [7, 11) is 1.58. The standard InChI is InChI=1S/C25H15ClO6/c1-29-17-5-2-14(3-6-17)20-13-30-22-12-18(7-8-19(22)24(20)27)31-25(28)23-11-15-10-16(26)4-9-21(15)32-23/h2-13H,1H3. The quantitative estimate of drug-likeness (QED) is 0.245. The summed E-state index contributed by atoms with van der Waals surface area (Å²) in [6, 6.07) is 18.3. The number of ether oxygens (including phenoxy) is 2. The molecular formula is C25H15ClO6. The number of esters is 1. The van der Waals surface area contributed by atoms with Crippen molar-refractivity contribution in [2.24, 2.45) is 0 Å². The molecule has 6 nitrogen and oxygen atoms in total. The molecule has 0 N–H and O–H groups in total. The van der Waals surface area contributed by atoms with E-state index in [1.807, 2.05) is 0 Å². The SMILES string of the molecule is COc1ccc(-c2coc3cc(OC(=O)c4cc5cc(Cl)ccc5o4)ccc3c2=O)cc1. The Labute approximate surface area is 186 Å². The summed E-state index contributed by atoms with van der Waals surface area (Å²) < 4.78 is 21.7. The van der Waals surface area contributed by atoms with E-state index in [-0.39, 0.29) is 16.9 Å². The molecule has 0 saturated carbocycles. The van der Waals surface area contributed by atoms with Crippen LogP contribution in [-0.2, 0) is 0 Å². The Morgan fingerprint density at radius 2 is 1.69 bits per heavy atom. The molecule has 2 heterocycles. The number of fused-ring (bicyclic) bond motifs is 2. The molecule has 0 radical (unpaired) electrons. The number of halogens is 1. The van der Waals surface area contributed by atoms with Gasteiger partial charge in [-0.25, -0.2) is 4.79 Å². The highest BCUT2D eigenvalue weighted by atomic mass is 35.5. The van der Waals surface area contributed by atoms with Crippen LogP contribution >= 0.6 is 11.6 Å². The van der Waals surface area contributed by atoms with E-state index < -0.39 is 5.97 Å². The maximum atomic E-state index is 12.9. The molecule has 5 aromatic rings. The average Bonchev–Trinajstić information content (AvgIpc) is 3.23. The van der Waals surface area contributed by atoms with E-state index in [2.05, 4.69) is 0 Å². The lowest BCUT2D eigenvalue weighted by Crippen LogP contribution is -2.08. The second kappa shape index (κ2) is 7.90. The van der Waals surface area contributed by atoms with Gasteiger partial charge >= 0.3 is 5.97 Å². The van der Waals surface area contributed by atoms with Gasteiger partial charge in [0.15, 0.2) is 5.43 Å². The summed E-state index contributed by atoms with van der Waals surface area (Å²) in [4.78, 5) is 25.5. The Hall–Kier alpha value is -4.03. The molecule has 0 atom stereocenters. The molecule has 2 aromatic heterocycles. The minimum atomic E-state index is -0.672. The van der Waals surface area contributed by atoms with Crippen molar-refractivity contribution in [1.82, 2.24) is 0 Å². The van der Waals surface area contributed by atoms with E-state index >= 15 is 0 Å². The lowest BCUT2D eigenvalue weighted by atomic mass is 10.1. The Morgan fingerprint density at radius 3 is 2.47 bits per heavy atom. The van der Waals surface area contributed by atoms with Gasteiger partial charge in [0.05, 0.1) is 18.1 Å². The first kappa shape index (κ1) is 19.9. The van der Waals surface area contributed by atoms with Crippen LogP contribution in [0.15, 0.2) is 86.6 Å². The first-order chi connectivity index (χ1) is 15.5. The van der Waals surface area contributed by atoms with Gasteiger partial charge in [0.1, 0.15) is 28.9 Å². The highest BCUT2D eigenvalue weighted by molar-refractivity contribution is 6.31. The summed E-state index contributed by atoms with van der Waals surface area (Å²) in [6.45, 7) is 0. The van der Waals surface area contributed by atoms with E-state index in [0.717, 1.165) is 0 Å². The van der Waals surface area contributed by atoms with Crippen LogP contribution < -0.4 is 14.9 Å². The fourth-order valence-electron chi connectivity index (χ4n) is 3.41. The minimum absolute atomic E-state index is 0.0404.